The summed E-state index contributed by atoms with van der Waals surface area (Å²) in [6.07, 6.45) is 1.78. The standard InChI is InChI=1S/C15H12N2S/c16-15-12-7-4-10-17-13(12)8-9-14(15)18-11-5-2-1-3-6-11/h1-10H,16H2. The summed E-state index contributed by atoms with van der Waals surface area (Å²) >= 11 is 1.68. The molecule has 0 amide bonds. The van der Waals surface area contributed by atoms with Crippen LogP contribution < -0.4 is 5.73 Å². The zero-order valence-electron chi connectivity index (χ0n) is 9.71. The predicted molar refractivity (Wildman–Crippen MR) is 76.7 cm³/mol. The highest BCUT2D eigenvalue weighted by molar-refractivity contribution is 7.99. The fourth-order valence-corrected chi connectivity index (χ4v) is 2.76. The zero-order chi connectivity index (χ0) is 12.4. The number of hydrogen-bond acceptors (Lipinski definition) is 3. The van der Waals surface area contributed by atoms with Gasteiger partial charge in [-0.3, -0.25) is 4.98 Å². The summed E-state index contributed by atoms with van der Waals surface area (Å²) in [5, 5.41) is 1.01. The van der Waals surface area contributed by atoms with Gasteiger partial charge in [0.25, 0.3) is 0 Å². The molecule has 0 atom stereocenters. The molecule has 3 heteroatoms. The van der Waals surface area contributed by atoms with Crippen LogP contribution in [0.2, 0.25) is 0 Å². The third-order valence-electron chi connectivity index (χ3n) is 2.76. The van der Waals surface area contributed by atoms with Crippen LogP contribution in [0.4, 0.5) is 5.69 Å². The minimum Gasteiger partial charge on any atom is -0.397 e. The van der Waals surface area contributed by atoms with Crippen molar-refractivity contribution in [3.63, 3.8) is 0 Å². The van der Waals surface area contributed by atoms with E-state index in [2.05, 4.69) is 17.1 Å². The molecule has 2 nitrogen and oxygen atoms in total. The lowest BCUT2D eigenvalue weighted by Gasteiger charge is -2.08. The quantitative estimate of drug-likeness (QED) is 0.701. The first-order valence-electron chi connectivity index (χ1n) is 5.71. The number of nitrogens with two attached hydrogens (primary N) is 1. The van der Waals surface area contributed by atoms with Gasteiger partial charge in [0.05, 0.1) is 11.2 Å². The normalized spacial score (nSPS) is 10.7. The monoisotopic (exact) mass is 252 g/mol. The molecule has 3 aromatic rings. The molecule has 2 aromatic carbocycles. The Kier molecular flexibility index (Phi) is 2.90. The molecule has 0 aliphatic rings. The first-order valence-corrected chi connectivity index (χ1v) is 6.52. The van der Waals surface area contributed by atoms with Crippen molar-refractivity contribution in [1.82, 2.24) is 4.98 Å². The van der Waals surface area contributed by atoms with Crippen molar-refractivity contribution >= 4 is 28.4 Å². The lowest BCUT2D eigenvalue weighted by Crippen LogP contribution is -1.91. The van der Waals surface area contributed by atoms with E-state index in [1.807, 2.05) is 42.5 Å². The number of fused-ring (bicyclic) bond motifs is 1. The second kappa shape index (κ2) is 4.70. The van der Waals surface area contributed by atoms with Crippen LogP contribution in [0, 0.1) is 0 Å². The van der Waals surface area contributed by atoms with Gasteiger partial charge < -0.3 is 5.73 Å². The minimum atomic E-state index is 0.800. The van der Waals surface area contributed by atoms with Crippen LogP contribution in [0.1, 0.15) is 0 Å². The number of nitrogen functional groups attached to an aromatic ring is 1. The van der Waals surface area contributed by atoms with E-state index in [-0.39, 0.29) is 0 Å². The van der Waals surface area contributed by atoms with Crippen molar-refractivity contribution in [3.05, 3.63) is 60.8 Å². The Labute approximate surface area is 110 Å². The number of hydrogen-bond donors (Lipinski definition) is 1. The summed E-state index contributed by atoms with van der Waals surface area (Å²) in [5.74, 6) is 0. The average molecular weight is 252 g/mol. The second-order valence-electron chi connectivity index (χ2n) is 3.96. The van der Waals surface area contributed by atoms with Crippen LogP contribution in [0.15, 0.2) is 70.6 Å². The second-order valence-corrected chi connectivity index (χ2v) is 5.08. The lowest BCUT2D eigenvalue weighted by molar-refractivity contribution is 1.38. The van der Waals surface area contributed by atoms with Crippen LogP contribution in [0.25, 0.3) is 10.9 Å². The highest BCUT2D eigenvalue weighted by atomic mass is 32.2. The van der Waals surface area contributed by atoms with Crippen LogP contribution in [0.5, 0.6) is 0 Å². The van der Waals surface area contributed by atoms with Crippen molar-refractivity contribution in [2.45, 2.75) is 9.79 Å². The van der Waals surface area contributed by atoms with E-state index in [0.717, 1.165) is 21.5 Å². The van der Waals surface area contributed by atoms with Crippen LogP contribution >= 0.6 is 11.8 Å². The zero-order valence-corrected chi connectivity index (χ0v) is 10.5. The van der Waals surface area contributed by atoms with Crippen molar-refractivity contribution in [2.75, 3.05) is 5.73 Å². The molecule has 18 heavy (non-hydrogen) atoms. The molecule has 88 valence electrons. The molecule has 0 aliphatic carbocycles. The van der Waals surface area contributed by atoms with E-state index in [1.54, 1.807) is 18.0 Å². The third-order valence-corrected chi connectivity index (χ3v) is 3.84. The van der Waals surface area contributed by atoms with Gasteiger partial charge in [-0.1, -0.05) is 30.0 Å². The minimum absolute atomic E-state index is 0.800. The van der Waals surface area contributed by atoms with E-state index >= 15 is 0 Å². The number of pyridine rings is 1. The van der Waals surface area contributed by atoms with Gasteiger partial charge in [0.15, 0.2) is 0 Å². The highest BCUT2D eigenvalue weighted by Crippen LogP contribution is 2.35. The Morgan fingerprint density at radius 1 is 0.889 bits per heavy atom. The molecule has 0 radical (unpaired) electrons. The maximum Gasteiger partial charge on any atom is 0.0723 e. The fourth-order valence-electron chi connectivity index (χ4n) is 1.86. The first kappa shape index (κ1) is 11.1. The molecule has 0 spiro atoms. The summed E-state index contributed by atoms with van der Waals surface area (Å²) in [5.41, 5.74) is 7.94. The SMILES string of the molecule is Nc1c(Sc2ccccc2)ccc2ncccc12. The Hall–Kier alpha value is -2.00. The molecule has 0 fully saturated rings. The molecule has 0 bridgehead atoms. The number of nitrogens with zero attached hydrogens (tertiary/aromatic N) is 1. The molecule has 2 N–H and O–H groups in total. The maximum absolute atomic E-state index is 6.21. The summed E-state index contributed by atoms with van der Waals surface area (Å²) in [6, 6.07) is 18.2. The lowest BCUT2D eigenvalue weighted by atomic mass is 10.2. The van der Waals surface area contributed by atoms with Crippen molar-refractivity contribution in [2.24, 2.45) is 0 Å². The molecule has 0 unspecified atom stereocenters. The summed E-state index contributed by atoms with van der Waals surface area (Å²) in [4.78, 5) is 6.56. The largest absolute Gasteiger partial charge is 0.397 e. The van der Waals surface area contributed by atoms with Gasteiger partial charge in [-0.05, 0) is 36.4 Å². The third kappa shape index (κ3) is 2.05. The molecule has 0 saturated heterocycles. The summed E-state index contributed by atoms with van der Waals surface area (Å²) in [6.45, 7) is 0. The van der Waals surface area contributed by atoms with Gasteiger partial charge in [-0.25, -0.2) is 0 Å². The van der Waals surface area contributed by atoms with Gasteiger partial charge in [-0.15, -0.1) is 0 Å². The van der Waals surface area contributed by atoms with Crippen molar-refractivity contribution < 1.29 is 0 Å². The average Bonchev–Trinajstić information content (AvgIpc) is 2.43. The Morgan fingerprint density at radius 2 is 1.72 bits per heavy atom. The number of aromatic nitrogens is 1. The molecular formula is C15H12N2S. The first-order chi connectivity index (χ1) is 8.84. The maximum atomic E-state index is 6.21. The van der Waals surface area contributed by atoms with Gasteiger partial charge >= 0.3 is 0 Å². The molecule has 1 heterocycles. The van der Waals surface area contributed by atoms with Gasteiger partial charge in [0, 0.05) is 21.4 Å². The van der Waals surface area contributed by atoms with E-state index < -0.39 is 0 Å². The predicted octanol–water partition coefficient (Wildman–Crippen LogP) is 3.97. The molecule has 0 aliphatic heterocycles. The summed E-state index contributed by atoms with van der Waals surface area (Å²) in [7, 11) is 0. The van der Waals surface area contributed by atoms with Crippen molar-refractivity contribution in [3.8, 4) is 0 Å². The van der Waals surface area contributed by atoms with Crippen LogP contribution in [0.3, 0.4) is 0 Å². The van der Waals surface area contributed by atoms with E-state index in [4.69, 9.17) is 5.73 Å². The van der Waals surface area contributed by atoms with Crippen LogP contribution in [-0.4, -0.2) is 4.98 Å². The van der Waals surface area contributed by atoms with E-state index in [1.165, 1.54) is 4.90 Å². The molecular weight excluding hydrogens is 240 g/mol. The molecule has 0 saturated carbocycles. The Morgan fingerprint density at radius 3 is 2.56 bits per heavy atom. The van der Waals surface area contributed by atoms with Crippen LogP contribution in [-0.2, 0) is 0 Å². The van der Waals surface area contributed by atoms with E-state index in [0.29, 0.717) is 0 Å². The topological polar surface area (TPSA) is 38.9 Å². The Bertz CT molecular complexity index is 680. The van der Waals surface area contributed by atoms with Gasteiger partial charge in [0.1, 0.15) is 0 Å². The highest BCUT2D eigenvalue weighted by Gasteiger charge is 2.06. The van der Waals surface area contributed by atoms with Crippen molar-refractivity contribution in [1.29, 1.82) is 0 Å². The smallest absolute Gasteiger partial charge is 0.0723 e. The number of rotatable bonds is 2. The number of benzene rings is 2. The molecule has 3 rings (SSSR count). The summed E-state index contributed by atoms with van der Waals surface area (Å²) < 4.78 is 0. The van der Waals surface area contributed by atoms with Gasteiger partial charge in [-0.2, -0.15) is 0 Å². The molecule has 1 aromatic heterocycles. The Balaban J connectivity index is 2.05. The van der Waals surface area contributed by atoms with Gasteiger partial charge in [0.2, 0.25) is 0 Å². The van der Waals surface area contributed by atoms with E-state index in [9.17, 15) is 0 Å². The number of anilines is 1. The fraction of sp³-hybridized carbons (Fsp3) is 0.